The lowest BCUT2D eigenvalue weighted by Crippen LogP contribution is -2.26. The highest BCUT2D eigenvalue weighted by atomic mass is 32.2. The molecule has 2 rings (SSSR count). The summed E-state index contributed by atoms with van der Waals surface area (Å²) < 4.78 is 1.83. The lowest BCUT2D eigenvalue weighted by Gasteiger charge is -2.01. The fourth-order valence-corrected chi connectivity index (χ4v) is 2.23. The van der Waals surface area contributed by atoms with Crippen LogP contribution in [0.25, 0.3) is 5.52 Å². The smallest absolute Gasteiger partial charge is 0.305 e. The molecular formula is C12H13N3O3S. The highest BCUT2D eigenvalue weighted by Crippen LogP contribution is 2.19. The van der Waals surface area contributed by atoms with Gasteiger partial charge in [0.1, 0.15) is 0 Å². The molecule has 0 fully saturated rings. The molecule has 6 nitrogen and oxygen atoms in total. The Morgan fingerprint density at radius 3 is 2.95 bits per heavy atom. The van der Waals surface area contributed by atoms with Crippen molar-refractivity contribution >= 4 is 29.2 Å². The molecule has 0 radical (unpaired) electrons. The number of carboxylic acid groups (broad SMARTS) is 1. The highest BCUT2D eigenvalue weighted by molar-refractivity contribution is 7.98. The lowest BCUT2D eigenvalue weighted by atomic mass is 10.3. The third-order valence-corrected chi connectivity index (χ3v) is 3.19. The van der Waals surface area contributed by atoms with Crippen LogP contribution in [-0.2, 0) is 4.79 Å². The van der Waals surface area contributed by atoms with Crippen molar-refractivity contribution in [1.82, 2.24) is 14.7 Å². The molecule has 1 amide bonds. The molecule has 2 heterocycles. The Hall–Kier alpha value is -2.02. The summed E-state index contributed by atoms with van der Waals surface area (Å²) in [6, 6.07) is 5.49. The molecule has 0 aliphatic heterocycles. The Bertz CT molecular complexity index is 624. The molecule has 19 heavy (non-hydrogen) atoms. The van der Waals surface area contributed by atoms with E-state index in [1.807, 2.05) is 29.0 Å². The summed E-state index contributed by atoms with van der Waals surface area (Å²) in [4.78, 5) is 26.7. The second-order valence-electron chi connectivity index (χ2n) is 3.80. The van der Waals surface area contributed by atoms with Crippen molar-refractivity contribution < 1.29 is 14.7 Å². The molecule has 7 heteroatoms. The summed E-state index contributed by atoms with van der Waals surface area (Å²) in [6.07, 6.45) is 3.61. The average Bonchev–Trinajstić information content (AvgIpc) is 2.77. The number of thioether (sulfide) groups is 1. The van der Waals surface area contributed by atoms with Gasteiger partial charge < -0.3 is 10.4 Å². The fraction of sp³-hybridized carbons (Fsp3) is 0.250. The van der Waals surface area contributed by atoms with Gasteiger partial charge in [-0.25, -0.2) is 4.98 Å². The standard InChI is InChI=1S/C12H13N3O3S/c1-19-12-14-10(8-4-2-3-7-15(8)12)11(18)13-6-5-9(16)17/h2-4,7H,5-6H2,1H3,(H,13,18)(H,16,17). The molecule has 0 aliphatic carbocycles. The van der Waals surface area contributed by atoms with E-state index >= 15 is 0 Å². The van der Waals surface area contributed by atoms with Crippen LogP contribution in [0.1, 0.15) is 16.9 Å². The van der Waals surface area contributed by atoms with Gasteiger partial charge in [0.2, 0.25) is 0 Å². The molecule has 0 aromatic carbocycles. The van der Waals surface area contributed by atoms with Gasteiger partial charge in [0.05, 0.1) is 11.9 Å². The molecule has 2 aromatic heterocycles. The van der Waals surface area contributed by atoms with Crippen LogP contribution in [0, 0.1) is 0 Å². The average molecular weight is 279 g/mol. The van der Waals surface area contributed by atoms with Gasteiger partial charge in [-0.3, -0.25) is 14.0 Å². The van der Waals surface area contributed by atoms with Crippen molar-refractivity contribution in [2.45, 2.75) is 11.6 Å². The van der Waals surface area contributed by atoms with E-state index in [4.69, 9.17) is 5.11 Å². The molecule has 0 saturated heterocycles. The molecule has 2 N–H and O–H groups in total. The number of carboxylic acids is 1. The number of rotatable bonds is 5. The number of carbonyl (C=O) groups excluding carboxylic acids is 1. The summed E-state index contributed by atoms with van der Waals surface area (Å²) >= 11 is 1.44. The van der Waals surface area contributed by atoms with Crippen LogP contribution in [0.15, 0.2) is 29.6 Å². The van der Waals surface area contributed by atoms with Crippen molar-refractivity contribution in [2.75, 3.05) is 12.8 Å². The fourth-order valence-electron chi connectivity index (χ4n) is 1.69. The second-order valence-corrected chi connectivity index (χ2v) is 4.58. The van der Waals surface area contributed by atoms with E-state index in [1.165, 1.54) is 11.8 Å². The number of nitrogens with one attached hydrogen (secondary N) is 1. The zero-order valence-corrected chi connectivity index (χ0v) is 11.1. The minimum absolute atomic E-state index is 0.0919. The molecular weight excluding hydrogens is 266 g/mol. The number of imidazole rings is 1. The normalized spacial score (nSPS) is 10.6. The number of hydrogen-bond donors (Lipinski definition) is 2. The van der Waals surface area contributed by atoms with Crippen LogP contribution in [0.2, 0.25) is 0 Å². The van der Waals surface area contributed by atoms with E-state index in [0.717, 1.165) is 5.16 Å². The van der Waals surface area contributed by atoms with E-state index in [-0.39, 0.29) is 18.9 Å². The third-order valence-electron chi connectivity index (χ3n) is 2.54. The Morgan fingerprint density at radius 1 is 1.47 bits per heavy atom. The number of hydrogen-bond acceptors (Lipinski definition) is 4. The third kappa shape index (κ3) is 2.87. The predicted molar refractivity (Wildman–Crippen MR) is 71.6 cm³/mol. The van der Waals surface area contributed by atoms with Crippen LogP contribution in [0.4, 0.5) is 0 Å². The van der Waals surface area contributed by atoms with Crippen LogP contribution < -0.4 is 5.32 Å². The Kier molecular flexibility index (Phi) is 4.06. The number of amides is 1. The van der Waals surface area contributed by atoms with E-state index in [9.17, 15) is 9.59 Å². The van der Waals surface area contributed by atoms with Crippen LogP contribution in [-0.4, -0.2) is 39.2 Å². The Labute approximate surface area is 113 Å². The van der Waals surface area contributed by atoms with Gasteiger partial charge in [0, 0.05) is 12.7 Å². The molecule has 0 atom stereocenters. The SMILES string of the molecule is CSc1nc(C(=O)NCCC(=O)O)c2ccccn12. The first-order chi connectivity index (χ1) is 9.13. The highest BCUT2D eigenvalue weighted by Gasteiger charge is 2.16. The first-order valence-electron chi connectivity index (χ1n) is 5.64. The summed E-state index contributed by atoms with van der Waals surface area (Å²) in [5.41, 5.74) is 1.02. The minimum Gasteiger partial charge on any atom is -0.481 e. The van der Waals surface area contributed by atoms with Crippen molar-refractivity contribution in [3.8, 4) is 0 Å². The van der Waals surface area contributed by atoms with Gasteiger partial charge in [-0.15, -0.1) is 0 Å². The maximum atomic E-state index is 12.0. The number of pyridine rings is 1. The number of nitrogens with zero attached hydrogens (tertiary/aromatic N) is 2. The van der Waals surface area contributed by atoms with Gasteiger partial charge in [0.25, 0.3) is 5.91 Å². The zero-order chi connectivity index (χ0) is 13.8. The van der Waals surface area contributed by atoms with E-state index < -0.39 is 5.97 Å². The number of carbonyl (C=O) groups is 2. The predicted octanol–water partition coefficient (Wildman–Crippen LogP) is 1.26. The van der Waals surface area contributed by atoms with Gasteiger partial charge >= 0.3 is 5.97 Å². The van der Waals surface area contributed by atoms with Crippen molar-refractivity contribution in [3.05, 3.63) is 30.1 Å². The number of aliphatic carboxylic acids is 1. The number of fused-ring (bicyclic) bond motifs is 1. The van der Waals surface area contributed by atoms with Gasteiger partial charge in [-0.2, -0.15) is 0 Å². The van der Waals surface area contributed by atoms with E-state index in [2.05, 4.69) is 10.3 Å². The largest absolute Gasteiger partial charge is 0.481 e. The van der Waals surface area contributed by atoms with E-state index in [0.29, 0.717) is 11.2 Å². The second kappa shape index (κ2) is 5.75. The topological polar surface area (TPSA) is 83.7 Å². The van der Waals surface area contributed by atoms with Gasteiger partial charge in [-0.1, -0.05) is 17.8 Å². The first kappa shape index (κ1) is 13.4. The summed E-state index contributed by atoms with van der Waals surface area (Å²) in [5.74, 6) is -1.30. The van der Waals surface area contributed by atoms with Gasteiger partial charge in [-0.05, 0) is 18.4 Å². The van der Waals surface area contributed by atoms with Crippen molar-refractivity contribution in [1.29, 1.82) is 0 Å². The molecule has 0 bridgehead atoms. The zero-order valence-electron chi connectivity index (χ0n) is 10.3. The lowest BCUT2D eigenvalue weighted by molar-refractivity contribution is -0.136. The Morgan fingerprint density at radius 2 is 2.26 bits per heavy atom. The minimum atomic E-state index is -0.945. The number of aromatic nitrogens is 2. The van der Waals surface area contributed by atoms with Crippen LogP contribution in [0.5, 0.6) is 0 Å². The summed E-state index contributed by atoms with van der Waals surface area (Å²) in [5, 5.41) is 11.8. The van der Waals surface area contributed by atoms with Crippen LogP contribution in [0.3, 0.4) is 0 Å². The van der Waals surface area contributed by atoms with Gasteiger partial charge in [0.15, 0.2) is 10.9 Å². The monoisotopic (exact) mass is 279 g/mol. The van der Waals surface area contributed by atoms with Crippen molar-refractivity contribution in [3.63, 3.8) is 0 Å². The van der Waals surface area contributed by atoms with Crippen molar-refractivity contribution in [2.24, 2.45) is 0 Å². The first-order valence-corrected chi connectivity index (χ1v) is 6.87. The van der Waals surface area contributed by atoms with E-state index in [1.54, 1.807) is 6.07 Å². The molecule has 0 spiro atoms. The summed E-state index contributed by atoms with van der Waals surface area (Å²) in [6.45, 7) is 0.0919. The Balaban J connectivity index is 2.24. The maximum absolute atomic E-state index is 12.0. The summed E-state index contributed by atoms with van der Waals surface area (Å²) in [7, 11) is 0. The quantitative estimate of drug-likeness (QED) is 0.805. The molecule has 100 valence electrons. The molecule has 2 aromatic rings. The molecule has 0 aliphatic rings. The maximum Gasteiger partial charge on any atom is 0.305 e. The molecule has 0 saturated carbocycles. The molecule has 0 unspecified atom stereocenters. The van der Waals surface area contributed by atoms with Crippen LogP contribution >= 0.6 is 11.8 Å².